The lowest BCUT2D eigenvalue weighted by atomic mass is 10.0. The van der Waals surface area contributed by atoms with Gasteiger partial charge in [-0.25, -0.2) is 13.4 Å². The average molecular weight is 539 g/mol. The van der Waals surface area contributed by atoms with Crippen LogP contribution in [-0.4, -0.2) is 36.3 Å². The Morgan fingerprint density at radius 2 is 1.92 bits per heavy atom. The lowest BCUT2D eigenvalue weighted by Crippen LogP contribution is -2.18. The van der Waals surface area contributed by atoms with Gasteiger partial charge in [0.05, 0.1) is 40.0 Å². The first-order valence-electron chi connectivity index (χ1n) is 10.4. The number of benzene rings is 1. The van der Waals surface area contributed by atoms with Gasteiger partial charge in [0.25, 0.3) is 10.0 Å². The fourth-order valence-corrected chi connectivity index (χ4v) is 4.86. The van der Waals surface area contributed by atoms with Crippen LogP contribution in [0.5, 0.6) is 5.75 Å². The zero-order valence-corrected chi connectivity index (χ0v) is 20.3. The van der Waals surface area contributed by atoms with Crippen molar-refractivity contribution in [1.82, 2.24) is 15.0 Å². The number of hydrogen-bond acceptors (Lipinski definition) is 6. The molecule has 2 N–H and O–H groups in total. The number of aryl methyl sites for hydroxylation is 1. The molecule has 0 amide bonds. The maximum Gasteiger partial charge on any atom is 0.417 e. The van der Waals surface area contributed by atoms with Crippen LogP contribution in [0.2, 0.25) is 5.02 Å². The van der Waals surface area contributed by atoms with Gasteiger partial charge in [-0.05, 0) is 42.3 Å². The fraction of sp³-hybridized carbons (Fsp3) is 0.174. The Bertz CT molecular complexity index is 1590. The molecular formula is C23H18ClF3N4O4S. The van der Waals surface area contributed by atoms with Gasteiger partial charge < -0.3 is 9.72 Å². The van der Waals surface area contributed by atoms with Crippen LogP contribution >= 0.6 is 11.6 Å². The van der Waals surface area contributed by atoms with Crippen LogP contribution in [0.1, 0.15) is 34.1 Å². The van der Waals surface area contributed by atoms with E-state index in [9.17, 15) is 26.4 Å². The number of nitrogens with one attached hydrogen (secondary N) is 2. The zero-order valence-electron chi connectivity index (χ0n) is 18.8. The summed E-state index contributed by atoms with van der Waals surface area (Å²) in [6.07, 6.45) is -0.0904. The SMILES string of the molecule is CCc1cnc(C(=O)c2c(OC)cnc3[nH]ccc23)c(NS(=O)(=O)c2ccc(Cl)c(C(F)(F)F)c2)c1. The smallest absolute Gasteiger partial charge is 0.417 e. The summed E-state index contributed by atoms with van der Waals surface area (Å²) in [6, 6.07) is 5.22. The number of aromatic nitrogens is 3. The van der Waals surface area contributed by atoms with Crippen molar-refractivity contribution in [2.45, 2.75) is 24.4 Å². The molecule has 0 fully saturated rings. The van der Waals surface area contributed by atoms with Crippen molar-refractivity contribution in [2.24, 2.45) is 0 Å². The van der Waals surface area contributed by atoms with Crippen LogP contribution < -0.4 is 9.46 Å². The molecule has 188 valence electrons. The number of alkyl halides is 3. The van der Waals surface area contributed by atoms with Crippen molar-refractivity contribution in [3.05, 3.63) is 76.3 Å². The molecule has 1 aromatic carbocycles. The third-order valence-electron chi connectivity index (χ3n) is 5.36. The maximum atomic E-state index is 13.6. The van der Waals surface area contributed by atoms with E-state index >= 15 is 0 Å². The van der Waals surface area contributed by atoms with Gasteiger partial charge in [0.15, 0.2) is 0 Å². The largest absolute Gasteiger partial charge is 0.494 e. The minimum absolute atomic E-state index is 0.0896. The van der Waals surface area contributed by atoms with Gasteiger partial charge in [-0.2, -0.15) is 13.2 Å². The fourth-order valence-electron chi connectivity index (χ4n) is 3.55. The molecule has 0 aliphatic rings. The summed E-state index contributed by atoms with van der Waals surface area (Å²) in [6.45, 7) is 1.79. The summed E-state index contributed by atoms with van der Waals surface area (Å²) in [7, 11) is -3.22. The molecule has 0 atom stereocenters. The first-order valence-corrected chi connectivity index (χ1v) is 12.3. The number of H-pyrrole nitrogens is 1. The molecular weight excluding hydrogens is 521 g/mol. The van der Waals surface area contributed by atoms with Crippen LogP contribution in [-0.2, 0) is 22.6 Å². The third-order valence-corrected chi connectivity index (χ3v) is 7.06. The Labute approximate surface area is 208 Å². The molecule has 8 nitrogen and oxygen atoms in total. The number of nitrogens with zero attached hydrogens (tertiary/aromatic N) is 2. The number of rotatable bonds is 7. The average Bonchev–Trinajstić information content (AvgIpc) is 3.31. The van der Waals surface area contributed by atoms with Crippen LogP contribution in [0.4, 0.5) is 18.9 Å². The molecule has 0 bridgehead atoms. The Balaban J connectivity index is 1.83. The first-order chi connectivity index (χ1) is 17.0. The highest BCUT2D eigenvalue weighted by Gasteiger charge is 2.35. The summed E-state index contributed by atoms with van der Waals surface area (Å²) in [5.74, 6) is -0.541. The van der Waals surface area contributed by atoms with Crippen molar-refractivity contribution in [3.8, 4) is 5.75 Å². The number of aromatic amines is 1. The second kappa shape index (κ2) is 9.43. The molecule has 3 heterocycles. The highest BCUT2D eigenvalue weighted by Crippen LogP contribution is 2.36. The van der Waals surface area contributed by atoms with Gasteiger partial charge in [-0.1, -0.05) is 18.5 Å². The number of anilines is 1. The number of carbonyl (C=O) groups is 1. The lowest BCUT2D eigenvalue weighted by Gasteiger charge is -2.15. The van der Waals surface area contributed by atoms with E-state index in [1.54, 1.807) is 19.2 Å². The van der Waals surface area contributed by atoms with Crippen LogP contribution in [0, 0.1) is 0 Å². The van der Waals surface area contributed by atoms with E-state index in [1.807, 2.05) is 0 Å². The number of ether oxygens (including phenoxy) is 1. The number of methoxy groups -OCH3 is 1. The van der Waals surface area contributed by atoms with Crippen LogP contribution in [0.3, 0.4) is 0 Å². The van der Waals surface area contributed by atoms with Crippen molar-refractivity contribution < 1.29 is 31.1 Å². The summed E-state index contributed by atoms with van der Waals surface area (Å²) >= 11 is 5.62. The monoisotopic (exact) mass is 538 g/mol. The second-order valence-corrected chi connectivity index (χ2v) is 9.70. The molecule has 36 heavy (non-hydrogen) atoms. The number of halogens is 4. The molecule has 13 heteroatoms. The number of ketones is 1. The molecule has 0 aliphatic heterocycles. The summed E-state index contributed by atoms with van der Waals surface area (Å²) in [5.41, 5.74) is -0.706. The molecule has 0 saturated carbocycles. The molecule has 0 radical (unpaired) electrons. The molecule has 0 unspecified atom stereocenters. The van der Waals surface area contributed by atoms with Gasteiger partial charge in [0.1, 0.15) is 17.1 Å². The highest BCUT2D eigenvalue weighted by atomic mass is 35.5. The van der Waals surface area contributed by atoms with E-state index in [2.05, 4.69) is 19.7 Å². The van der Waals surface area contributed by atoms with Crippen molar-refractivity contribution in [2.75, 3.05) is 11.8 Å². The normalized spacial score (nSPS) is 12.1. The summed E-state index contributed by atoms with van der Waals surface area (Å²) in [4.78, 5) is 24.2. The maximum absolute atomic E-state index is 13.6. The molecule has 4 aromatic rings. The highest BCUT2D eigenvalue weighted by molar-refractivity contribution is 7.92. The van der Waals surface area contributed by atoms with Crippen LogP contribution in [0.15, 0.2) is 53.8 Å². The quantitative estimate of drug-likeness (QED) is 0.311. The minimum atomic E-state index is -4.87. The minimum Gasteiger partial charge on any atom is -0.494 e. The van der Waals surface area contributed by atoms with Gasteiger partial charge in [-0.15, -0.1) is 0 Å². The Kier molecular flexibility index (Phi) is 6.67. The zero-order chi connectivity index (χ0) is 26.3. The Morgan fingerprint density at radius 1 is 1.17 bits per heavy atom. The van der Waals surface area contributed by atoms with Crippen LogP contribution in [0.25, 0.3) is 11.0 Å². The molecule has 0 spiro atoms. The number of fused-ring (bicyclic) bond motifs is 1. The lowest BCUT2D eigenvalue weighted by molar-refractivity contribution is -0.137. The van der Waals surface area contributed by atoms with Gasteiger partial charge in [0, 0.05) is 17.8 Å². The summed E-state index contributed by atoms with van der Waals surface area (Å²) < 4.78 is 73.6. The predicted molar refractivity (Wildman–Crippen MR) is 127 cm³/mol. The molecule has 0 aliphatic carbocycles. The number of pyridine rings is 2. The van der Waals surface area contributed by atoms with E-state index in [4.69, 9.17) is 16.3 Å². The predicted octanol–water partition coefficient (Wildman–Crippen LogP) is 5.23. The van der Waals surface area contributed by atoms with E-state index in [0.29, 0.717) is 29.1 Å². The standard InChI is InChI=1S/C23H18ClF3N4O4S/c1-3-12-8-17(31-36(33,34)13-4-5-16(24)15(9-13)23(25,26)27)20(29-10-12)21(32)19-14-6-7-28-22(14)30-11-18(19)35-2/h4-11,31H,3H2,1-2H3,(H,28,30). The number of carbonyl (C=O) groups excluding carboxylic acids is 1. The number of hydrogen-bond donors (Lipinski definition) is 2. The van der Waals surface area contributed by atoms with Gasteiger partial charge >= 0.3 is 6.18 Å². The van der Waals surface area contributed by atoms with Crippen molar-refractivity contribution >= 4 is 44.1 Å². The molecule has 3 aromatic heterocycles. The Morgan fingerprint density at radius 3 is 2.58 bits per heavy atom. The van der Waals surface area contributed by atoms with E-state index in [1.165, 1.54) is 25.6 Å². The molecule has 4 rings (SSSR count). The second-order valence-electron chi connectivity index (χ2n) is 7.61. The number of sulfonamides is 1. The topological polar surface area (TPSA) is 114 Å². The van der Waals surface area contributed by atoms with E-state index in [-0.39, 0.29) is 22.7 Å². The van der Waals surface area contributed by atoms with Crippen molar-refractivity contribution in [1.29, 1.82) is 0 Å². The van der Waals surface area contributed by atoms with E-state index in [0.717, 1.165) is 12.1 Å². The van der Waals surface area contributed by atoms with E-state index < -0.39 is 37.5 Å². The van der Waals surface area contributed by atoms with Gasteiger partial charge in [0.2, 0.25) is 5.78 Å². The first kappa shape index (κ1) is 25.5. The van der Waals surface area contributed by atoms with Gasteiger partial charge in [-0.3, -0.25) is 14.5 Å². The van der Waals surface area contributed by atoms with Crippen molar-refractivity contribution in [3.63, 3.8) is 0 Å². The molecule has 0 saturated heterocycles. The Hall–Kier alpha value is -3.64. The third kappa shape index (κ3) is 4.73. The summed E-state index contributed by atoms with van der Waals surface area (Å²) in [5, 5.41) is -0.227.